The normalized spacial score (nSPS) is 12.2. The molecule has 29 heavy (non-hydrogen) atoms. The summed E-state index contributed by atoms with van der Waals surface area (Å²) >= 11 is 1.52. The molecule has 2 aromatic heterocycles. The van der Waals surface area contributed by atoms with Crippen molar-refractivity contribution in [2.75, 3.05) is 6.61 Å². The standard InChI is InChI=1S/C23H24N2O3S/c1-4-6-8-15-11-12-17-20(13-15)29-23(25(17)3)24-22(26)19-14-16-9-7-10-18(27-5-2)21(16)28-19/h7,9-14H,4-6,8H2,1-3H3. The molecule has 0 spiro atoms. The third-order valence-electron chi connectivity index (χ3n) is 4.91. The number of rotatable bonds is 6. The lowest BCUT2D eigenvalue weighted by atomic mass is 10.1. The SMILES string of the molecule is CCCCc1ccc2c(c1)sc(=NC(=O)c1cc3cccc(OCC)c3o1)n2C. The maximum atomic E-state index is 12.8. The molecule has 0 aliphatic carbocycles. The Bertz CT molecular complexity index is 1250. The summed E-state index contributed by atoms with van der Waals surface area (Å²) in [6, 6.07) is 13.8. The lowest BCUT2D eigenvalue weighted by Gasteiger charge is -2.01. The van der Waals surface area contributed by atoms with Gasteiger partial charge in [-0.15, -0.1) is 0 Å². The van der Waals surface area contributed by atoms with Gasteiger partial charge in [0, 0.05) is 12.4 Å². The second-order valence-electron chi connectivity index (χ2n) is 6.98. The second kappa shape index (κ2) is 8.25. The number of ether oxygens (including phenoxy) is 1. The number of aromatic nitrogens is 1. The fourth-order valence-electron chi connectivity index (χ4n) is 3.37. The van der Waals surface area contributed by atoms with Crippen molar-refractivity contribution in [3.8, 4) is 5.75 Å². The Hall–Kier alpha value is -2.86. The van der Waals surface area contributed by atoms with Gasteiger partial charge in [-0.3, -0.25) is 4.79 Å². The number of hydrogen-bond acceptors (Lipinski definition) is 4. The highest BCUT2D eigenvalue weighted by Gasteiger charge is 2.15. The molecule has 4 rings (SSSR count). The van der Waals surface area contributed by atoms with Gasteiger partial charge in [0.05, 0.1) is 16.8 Å². The van der Waals surface area contributed by atoms with Crippen LogP contribution in [0.3, 0.4) is 0 Å². The third-order valence-corrected chi connectivity index (χ3v) is 6.00. The van der Waals surface area contributed by atoms with Crippen molar-refractivity contribution < 1.29 is 13.9 Å². The van der Waals surface area contributed by atoms with Gasteiger partial charge in [-0.2, -0.15) is 4.99 Å². The van der Waals surface area contributed by atoms with Gasteiger partial charge in [-0.05, 0) is 49.6 Å². The van der Waals surface area contributed by atoms with Gasteiger partial charge in [0.1, 0.15) is 0 Å². The van der Waals surface area contributed by atoms with Crippen LogP contribution in [-0.2, 0) is 13.5 Å². The molecule has 0 aliphatic rings. The summed E-state index contributed by atoms with van der Waals surface area (Å²) in [6.07, 6.45) is 3.42. The highest BCUT2D eigenvalue weighted by atomic mass is 32.1. The quantitative estimate of drug-likeness (QED) is 0.425. The van der Waals surface area contributed by atoms with Crippen LogP contribution in [0.1, 0.15) is 42.8 Å². The van der Waals surface area contributed by atoms with Crippen LogP contribution in [0.15, 0.2) is 51.9 Å². The molecule has 4 aromatic rings. The van der Waals surface area contributed by atoms with E-state index in [1.807, 2.05) is 36.7 Å². The molecule has 6 heteroatoms. The summed E-state index contributed by atoms with van der Waals surface area (Å²) in [7, 11) is 1.93. The Morgan fingerprint density at radius 1 is 1.21 bits per heavy atom. The predicted octanol–water partition coefficient (Wildman–Crippen LogP) is 5.47. The van der Waals surface area contributed by atoms with Gasteiger partial charge in [0.15, 0.2) is 21.9 Å². The van der Waals surface area contributed by atoms with E-state index in [2.05, 4.69) is 30.1 Å². The van der Waals surface area contributed by atoms with E-state index in [0.29, 0.717) is 22.7 Å². The van der Waals surface area contributed by atoms with Crippen LogP contribution in [0.5, 0.6) is 5.75 Å². The van der Waals surface area contributed by atoms with Crippen molar-refractivity contribution in [2.24, 2.45) is 12.0 Å². The molecule has 1 amide bonds. The number of benzene rings is 2. The van der Waals surface area contributed by atoms with Crippen molar-refractivity contribution in [2.45, 2.75) is 33.1 Å². The Morgan fingerprint density at radius 2 is 2.07 bits per heavy atom. The molecule has 0 N–H and O–H groups in total. The van der Waals surface area contributed by atoms with Gasteiger partial charge in [-0.25, -0.2) is 0 Å². The maximum Gasteiger partial charge on any atom is 0.315 e. The summed E-state index contributed by atoms with van der Waals surface area (Å²) in [5, 5.41) is 0.829. The first kappa shape index (κ1) is 19.5. The summed E-state index contributed by atoms with van der Waals surface area (Å²) in [5.41, 5.74) is 2.97. The van der Waals surface area contributed by atoms with Crippen molar-refractivity contribution in [3.05, 3.63) is 58.6 Å². The van der Waals surface area contributed by atoms with Gasteiger partial charge < -0.3 is 13.7 Å². The monoisotopic (exact) mass is 408 g/mol. The van der Waals surface area contributed by atoms with Crippen LogP contribution in [0.2, 0.25) is 0 Å². The Labute approximate surface area is 173 Å². The minimum absolute atomic E-state index is 0.216. The third kappa shape index (κ3) is 3.85. The first-order chi connectivity index (χ1) is 14.1. The van der Waals surface area contributed by atoms with Crippen molar-refractivity contribution in [1.82, 2.24) is 4.57 Å². The van der Waals surface area contributed by atoms with Gasteiger partial charge in [-0.1, -0.05) is 42.9 Å². The van der Waals surface area contributed by atoms with Crippen LogP contribution in [0.4, 0.5) is 0 Å². The fraction of sp³-hybridized carbons (Fsp3) is 0.304. The van der Waals surface area contributed by atoms with E-state index in [0.717, 1.165) is 22.0 Å². The van der Waals surface area contributed by atoms with Crippen LogP contribution < -0.4 is 9.54 Å². The zero-order chi connectivity index (χ0) is 20.4. The smallest absolute Gasteiger partial charge is 0.315 e. The molecule has 150 valence electrons. The molecule has 2 aromatic carbocycles. The molecule has 2 heterocycles. The van der Waals surface area contributed by atoms with Crippen molar-refractivity contribution in [1.29, 1.82) is 0 Å². The van der Waals surface area contributed by atoms with E-state index in [1.54, 1.807) is 6.07 Å². The number of carbonyl (C=O) groups is 1. The Kier molecular flexibility index (Phi) is 5.53. The zero-order valence-electron chi connectivity index (χ0n) is 16.9. The van der Waals surface area contributed by atoms with E-state index in [-0.39, 0.29) is 5.76 Å². The molecule has 0 saturated carbocycles. The lowest BCUT2D eigenvalue weighted by Crippen LogP contribution is -2.12. The summed E-state index contributed by atoms with van der Waals surface area (Å²) < 4.78 is 14.5. The molecule has 0 atom stereocenters. The average molecular weight is 409 g/mol. The van der Waals surface area contributed by atoms with E-state index < -0.39 is 5.91 Å². The lowest BCUT2D eigenvalue weighted by molar-refractivity contribution is 0.0973. The molecule has 0 unspecified atom stereocenters. The topological polar surface area (TPSA) is 56.7 Å². The summed E-state index contributed by atoms with van der Waals surface area (Å²) in [5.74, 6) is 0.460. The number of unbranched alkanes of at least 4 members (excludes halogenated alkanes) is 1. The first-order valence-corrected chi connectivity index (χ1v) is 10.7. The maximum absolute atomic E-state index is 12.8. The summed E-state index contributed by atoms with van der Waals surface area (Å²) in [6.45, 7) is 4.64. The predicted molar refractivity (Wildman–Crippen MR) is 117 cm³/mol. The minimum atomic E-state index is -0.392. The molecule has 0 radical (unpaired) electrons. The molecular formula is C23H24N2O3S. The highest BCUT2D eigenvalue weighted by molar-refractivity contribution is 7.16. The van der Waals surface area contributed by atoms with Crippen molar-refractivity contribution in [3.63, 3.8) is 0 Å². The minimum Gasteiger partial charge on any atom is -0.490 e. The Morgan fingerprint density at radius 3 is 2.86 bits per heavy atom. The van der Waals surface area contributed by atoms with Gasteiger partial charge >= 0.3 is 5.91 Å². The molecular weight excluding hydrogens is 384 g/mol. The van der Waals surface area contributed by atoms with Crippen molar-refractivity contribution >= 4 is 38.4 Å². The number of hydrogen-bond donors (Lipinski definition) is 0. The largest absolute Gasteiger partial charge is 0.490 e. The number of nitrogens with zero attached hydrogens (tertiary/aromatic N) is 2. The number of fused-ring (bicyclic) bond motifs is 2. The van der Waals surface area contributed by atoms with E-state index in [4.69, 9.17) is 9.15 Å². The van der Waals surface area contributed by atoms with E-state index in [9.17, 15) is 4.79 Å². The molecule has 0 aliphatic heterocycles. The number of thiazole rings is 1. The molecule has 0 fully saturated rings. The second-order valence-corrected chi connectivity index (χ2v) is 7.99. The molecule has 0 saturated heterocycles. The van der Waals surface area contributed by atoms with E-state index >= 15 is 0 Å². The van der Waals surface area contributed by atoms with Crippen LogP contribution in [0, 0.1) is 0 Å². The Balaban J connectivity index is 1.71. The fourth-order valence-corrected chi connectivity index (χ4v) is 4.45. The van der Waals surface area contributed by atoms with Crippen LogP contribution in [-0.4, -0.2) is 17.1 Å². The van der Waals surface area contributed by atoms with E-state index in [1.165, 1.54) is 29.7 Å². The number of carbonyl (C=O) groups excluding carboxylic acids is 1. The highest BCUT2D eigenvalue weighted by Crippen LogP contribution is 2.29. The first-order valence-electron chi connectivity index (χ1n) is 9.93. The van der Waals surface area contributed by atoms with Crippen LogP contribution >= 0.6 is 11.3 Å². The molecule has 0 bridgehead atoms. The molecule has 5 nitrogen and oxygen atoms in total. The summed E-state index contributed by atoms with van der Waals surface area (Å²) in [4.78, 5) is 17.8. The number of furan rings is 1. The number of aryl methyl sites for hydroxylation is 2. The van der Waals surface area contributed by atoms with Crippen LogP contribution in [0.25, 0.3) is 21.2 Å². The number of amides is 1. The zero-order valence-corrected chi connectivity index (χ0v) is 17.7. The van der Waals surface area contributed by atoms with Gasteiger partial charge in [0.2, 0.25) is 0 Å². The number of para-hydroxylation sites is 1. The average Bonchev–Trinajstić information content (AvgIpc) is 3.29. The van der Waals surface area contributed by atoms with Gasteiger partial charge in [0.25, 0.3) is 0 Å².